The minimum absolute atomic E-state index is 0.242. The minimum Gasteiger partial charge on any atom is -0.365 e. The number of benzene rings is 1. The Bertz CT molecular complexity index is 672. The standard InChI is InChI=1S/C14H15N3O2/c1-3-9-4-6-10(7-5-9)12-11(13(15)18)8-17(2)14(19)16-12/h4-8H,3H2,1-2H3,(H2,15,18). The van der Waals surface area contributed by atoms with Gasteiger partial charge >= 0.3 is 5.69 Å². The second-order valence-electron chi connectivity index (χ2n) is 4.31. The molecular formula is C14H15N3O2. The Hall–Kier alpha value is -2.43. The van der Waals surface area contributed by atoms with Gasteiger partial charge in [0.2, 0.25) is 0 Å². The maximum atomic E-state index is 11.6. The van der Waals surface area contributed by atoms with Crippen LogP contribution in [0.25, 0.3) is 11.3 Å². The summed E-state index contributed by atoms with van der Waals surface area (Å²) >= 11 is 0. The van der Waals surface area contributed by atoms with Gasteiger partial charge in [-0.15, -0.1) is 0 Å². The smallest absolute Gasteiger partial charge is 0.347 e. The molecule has 0 aliphatic heterocycles. The van der Waals surface area contributed by atoms with Crippen molar-refractivity contribution in [1.29, 1.82) is 0 Å². The van der Waals surface area contributed by atoms with Gasteiger partial charge in [0.05, 0.1) is 11.3 Å². The zero-order chi connectivity index (χ0) is 14.0. The third-order valence-electron chi connectivity index (χ3n) is 2.99. The molecule has 1 heterocycles. The highest BCUT2D eigenvalue weighted by molar-refractivity contribution is 5.98. The number of hydrogen-bond donors (Lipinski definition) is 1. The van der Waals surface area contributed by atoms with Crippen molar-refractivity contribution < 1.29 is 4.79 Å². The summed E-state index contributed by atoms with van der Waals surface area (Å²) in [4.78, 5) is 27.0. The van der Waals surface area contributed by atoms with Gasteiger partial charge in [-0.3, -0.25) is 4.79 Å². The molecule has 0 bridgehead atoms. The lowest BCUT2D eigenvalue weighted by molar-refractivity contribution is 0.1000. The third-order valence-corrected chi connectivity index (χ3v) is 2.99. The number of nitrogens with two attached hydrogens (primary N) is 1. The molecule has 0 spiro atoms. The summed E-state index contributed by atoms with van der Waals surface area (Å²) in [7, 11) is 1.53. The molecule has 0 fully saturated rings. The summed E-state index contributed by atoms with van der Waals surface area (Å²) in [6.07, 6.45) is 2.34. The molecular weight excluding hydrogens is 242 g/mol. The fraction of sp³-hybridized carbons (Fsp3) is 0.214. The average Bonchev–Trinajstić information content (AvgIpc) is 2.41. The summed E-state index contributed by atoms with van der Waals surface area (Å²) in [5.41, 5.74) is 7.38. The predicted molar refractivity (Wildman–Crippen MR) is 72.8 cm³/mol. The van der Waals surface area contributed by atoms with Crippen molar-refractivity contribution in [2.45, 2.75) is 13.3 Å². The molecule has 19 heavy (non-hydrogen) atoms. The van der Waals surface area contributed by atoms with Crippen molar-refractivity contribution >= 4 is 5.91 Å². The maximum Gasteiger partial charge on any atom is 0.347 e. The van der Waals surface area contributed by atoms with Gasteiger partial charge in [-0.2, -0.15) is 4.98 Å². The second kappa shape index (κ2) is 5.06. The van der Waals surface area contributed by atoms with Crippen molar-refractivity contribution in [2.75, 3.05) is 0 Å². The molecule has 5 nitrogen and oxygen atoms in total. The predicted octanol–water partition coefficient (Wildman–Crippen LogP) is 1.11. The normalized spacial score (nSPS) is 10.4. The number of amides is 1. The van der Waals surface area contributed by atoms with Gasteiger partial charge in [-0.25, -0.2) is 4.79 Å². The first-order chi connectivity index (χ1) is 9.02. The lowest BCUT2D eigenvalue weighted by atomic mass is 10.0. The van der Waals surface area contributed by atoms with Crippen LogP contribution in [0.5, 0.6) is 0 Å². The van der Waals surface area contributed by atoms with Crippen molar-refractivity contribution in [3.63, 3.8) is 0 Å². The van der Waals surface area contributed by atoms with E-state index < -0.39 is 11.6 Å². The van der Waals surface area contributed by atoms with E-state index >= 15 is 0 Å². The number of aryl methyl sites for hydroxylation is 2. The molecule has 1 amide bonds. The molecule has 5 heteroatoms. The number of carbonyl (C=O) groups excluding carboxylic acids is 1. The van der Waals surface area contributed by atoms with Crippen molar-refractivity contribution in [2.24, 2.45) is 12.8 Å². The Balaban J connectivity index is 2.62. The largest absolute Gasteiger partial charge is 0.365 e. The van der Waals surface area contributed by atoms with Crippen LogP contribution in [0.4, 0.5) is 0 Å². The molecule has 0 unspecified atom stereocenters. The number of nitrogens with zero attached hydrogens (tertiary/aromatic N) is 2. The van der Waals surface area contributed by atoms with Gasteiger partial charge in [-0.1, -0.05) is 31.2 Å². The summed E-state index contributed by atoms with van der Waals surface area (Å²) in [5, 5.41) is 0. The van der Waals surface area contributed by atoms with Crippen LogP contribution in [0.3, 0.4) is 0 Å². The summed E-state index contributed by atoms with van der Waals surface area (Å²) in [6, 6.07) is 7.57. The highest BCUT2D eigenvalue weighted by Crippen LogP contribution is 2.20. The van der Waals surface area contributed by atoms with Gasteiger partial charge in [0.25, 0.3) is 5.91 Å². The zero-order valence-corrected chi connectivity index (χ0v) is 10.9. The molecule has 0 atom stereocenters. The Labute approximate surface area is 110 Å². The van der Waals surface area contributed by atoms with E-state index in [-0.39, 0.29) is 5.56 Å². The van der Waals surface area contributed by atoms with Crippen LogP contribution in [0.15, 0.2) is 35.3 Å². The minimum atomic E-state index is -0.599. The molecule has 2 N–H and O–H groups in total. The van der Waals surface area contributed by atoms with E-state index in [1.54, 1.807) is 0 Å². The topological polar surface area (TPSA) is 78.0 Å². The Morgan fingerprint density at radius 2 is 1.95 bits per heavy atom. The maximum absolute atomic E-state index is 11.6. The van der Waals surface area contributed by atoms with Gasteiger partial charge in [0.1, 0.15) is 0 Å². The molecule has 0 aliphatic carbocycles. The molecule has 2 aromatic rings. The van der Waals surface area contributed by atoms with E-state index in [1.165, 1.54) is 23.4 Å². The highest BCUT2D eigenvalue weighted by atomic mass is 16.1. The van der Waals surface area contributed by atoms with E-state index in [1.807, 2.05) is 24.3 Å². The monoisotopic (exact) mass is 257 g/mol. The van der Waals surface area contributed by atoms with Crippen LogP contribution >= 0.6 is 0 Å². The lowest BCUT2D eigenvalue weighted by Crippen LogP contribution is -2.25. The van der Waals surface area contributed by atoms with E-state index in [2.05, 4.69) is 11.9 Å². The zero-order valence-electron chi connectivity index (χ0n) is 10.9. The van der Waals surface area contributed by atoms with E-state index in [4.69, 9.17) is 5.73 Å². The highest BCUT2D eigenvalue weighted by Gasteiger charge is 2.13. The molecule has 1 aromatic heterocycles. The van der Waals surface area contributed by atoms with Crippen molar-refractivity contribution in [3.05, 3.63) is 52.1 Å². The summed E-state index contributed by atoms with van der Waals surface area (Å²) in [6.45, 7) is 2.06. The molecule has 1 aromatic carbocycles. The van der Waals surface area contributed by atoms with Gasteiger partial charge in [-0.05, 0) is 12.0 Å². The average molecular weight is 257 g/mol. The second-order valence-corrected chi connectivity index (χ2v) is 4.31. The molecule has 0 saturated carbocycles. The Kier molecular flexibility index (Phi) is 3.46. The number of hydrogen-bond acceptors (Lipinski definition) is 3. The first-order valence-corrected chi connectivity index (χ1v) is 5.99. The van der Waals surface area contributed by atoms with E-state index in [9.17, 15) is 9.59 Å². The third kappa shape index (κ3) is 2.54. The van der Waals surface area contributed by atoms with Crippen LogP contribution in [-0.2, 0) is 13.5 Å². The van der Waals surface area contributed by atoms with Crippen molar-refractivity contribution in [3.8, 4) is 11.3 Å². The van der Waals surface area contributed by atoms with Crippen molar-refractivity contribution in [1.82, 2.24) is 9.55 Å². The van der Waals surface area contributed by atoms with Gasteiger partial charge < -0.3 is 10.3 Å². The van der Waals surface area contributed by atoms with E-state index in [0.29, 0.717) is 11.3 Å². The SMILES string of the molecule is CCc1ccc(-c2nc(=O)n(C)cc2C(N)=O)cc1. The fourth-order valence-electron chi connectivity index (χ4n) is 1.84. The van der Waals surface area contributed by atoms with E-state index in [0.717, 1.165) is 6.42 Å². The van der Waals surface area contributed by atoms with Crippen LogP contribution < -0.4 is 11.4 Å². The molecule has 0 saturated heterocycles. The number of carbonyl (C=O) groups is 1. The fourth-order valence-corrected chi connectivity index (χ4v) is 1.84. The quantitative estimate of drug-likeness (QED) is 0.894. The van der Waals surface area contributed by atoms with Gasteiger partial charge in [0.15, 0.2) is 0 Å². The van der Waals surface area contributed by atoms with Gasteiger partial charge in [0, 0.05) is 18.8 Å². The molecule has 2 rings (SSSR count). The van der Waals surface area contributed by atoms with Crippen LogP contribution in [0.1, 0.15) is 22.8 Å². The Morgan fingerprint density at radius 3 is 2.47 bits per heavy atom. The number of primary amides is 1. The van der Waals surface area contributed by atoms with Crippen LogP contribution in [0, 0.1) is 0 Å². The molecule has 98 valence electrons. The molecule has 0 radical (unpaired) electrons. The van der Waals surface area contributed by atoms with Crippen LogP contribution in [0.2, 0.25) is 0 Å². The van der Waals surface area contributed by atoms with Crippen LogP contribution in [-0.4, -0.2) is 15.5 Å². The number of aromatic nitrogens is 2. The summed E-state index contributed by atoms with van der Waals surface area (Å²) in [5.74, 6) is -0.599. The number of rotatable bonds is 3. The summed E-state index contributed by atoms with van der Waals surface area (Å²) < 4.78 is 1.24. The molecule has 0 aliphatic rings. The Morgan fingerprint density at radius 1 is 1.32 bits per heavy atom. The lowest BCUT2D eigenvalue weighted by Gasteiger charge is -2.08. The first-order valence-electron chi connectivity index (χ1n) is 5.99. The first kappa shape index (κ1) is 13.0.